The first-order valence-corrected chi connectivity index (χ1v) is 10.6. The van der Waals surface area contributed by atoms with Crippen molar-refractivity contribution in [2.45, 2.75) is 25.0 Å². The van der Waals surface area contributed by atoms with Crippen LogP contribution in [0.15, 0.2) is 59.1 Å². The Morgan fingerprint density at radius 3 is 2.37 bits per heavy atom. The van der Waals surface area contributed by atoms with E-state index in [0.29, 0.717) is 28.6 Å². The first-order chi connectivity index (χ1) is 14.5. The molecule has 0 spiro atoms. The number of carbonyl (C=O) groups is 2. The van der Waals surface area contributed by atoms with Crippen LogP contribution in [0.25, 0.3) is 0 Å². The Hall–Kier alpha value is -3.24. The van der Waals surface area contributed by atoms with Crippen molar-refractivity contribution < 1.29 is 14.3 Å². The number of allylic oxidation sites excluding steroid dienone is 1. The molecule has 152 valence electrons. The van der Waals surface area contributed by atoms with Gasteiger partial charge in [-0.2, -0.15) is 5.26 Å². The first-order valence-electron chi connectivity index (χ1n) is 9.70. The highest BCUT2D eigenvalue weighted by atomic mass is 32.2. The van der Waals surface area contributed by atoms with Crippen LogP contribution in [0.4, 0.5) is 5.69 Å². The monoisotopic (exact) mass is 419 g/mol. The Morgan fingerprint density at radius 1 is 1.10 bits per heavy atom. The molecule has 0 aromatic heterocycles. The molecule has 0 saturated carbocycles. The Bertz CT molecular complexity index is 1070. The Balaban J connectivity index is 1.77. The number of rotatable bonds is 4. The van der Waals surface area contributed by atoms with E-state index in [1.54, 1.807) is 24.3 Å². The Labute approximate surface area is 179 Å². The molecule has 0 aliphatic carbocycles. The largest absolute Gasteiger partial charge is 0.494 e. The summed E-state index contributed by atoms with van der Waals surface area (Å²) in [6.45, 7) is 4.38. The van der Waals surface area contributed by atoms with Gasteiger partial charge in [0.15, 0.2) is 0 Å². The zero-order chi connectivity index (χ0) is 21.4. The maximum atomic E-state index is 13.5. The van der Waals surface area contributed by atoms with Gasteiger partial charge in [0.2, 0.25) is 11.8 Å². The lowest BCUT2D eigenvalue weighted by Gasteiger charge is -2.30. The predicted molar refractivity (Wildman–Crippen MR) is 116 cm³/mol. The van der Waals surface area contributed by atoms with Gasteiger partial charge in [-0.25, -0.2) is 4.90 Å². The van der Waals surface area contributed by atoms with Gasteiger partial charge in [0.1, 0.15) is 11.0 Å². The van der Waals surface area contributed by atoms with Crippen LogP contribution in [0.5, 0.6) is 5.75 Å². The van der Waals surface area contributed by atoms with Crippen molar-refractivity contribution in [2.24, 2.45) is 11.7 Å². The molecule has 2 heterocycles. The van der Waals surface area contributed by atoms with Gasteiger partial charge in [-0.15, -0.1) is 0 Å². The molecule has 2 aliphatic rings. The maximum Gasteiger partial charge on any atom is 0.248 e. The zero-order valence-corrected chi connectivity index (χ0v) is 17.5. The van der Waals surface area contributed by atoms with Crippen molar-refractivity contribution in [3.63, 3.8) is 0 Å². The smallest absolute Gasteiger partial charge is 0.248 e. The molecule has 4 rings (SSSR count). The van der Waals surface area contributed by atoms with E-state index < -0.39 is 17.1 Å². The molecule has 2 aromatic rings. The van der Waals surface area contributed by atoms with E-state index in [1.807, 2.05) is 38.1 Å². The summed E-state index contributed by atoms with van der Waals surface area (Å²) in [7, 11) is 0. The van der Waals surface area contributed by atoms with Gasteiger partial charge < -0.3 is 10.5 Å². The topological polar surface area (TPSA) is 96.4 Å². The van der Waals surface area contributed by atoms with E-state index in [1.165, 1.54) is 4.90 Å². The van der Waals surface area contributed by atoms with Crippen LogP contribution in [0.3, 0.4) is 0 Å². The zero-order valence-electron chi connectivity index (χ0n) is 16.7. The van der Waals surface area contributed by atoms with Crippen molar-refractivity contribution in [3.05, 3.63) is 70.3 Å². The van der Waals surface area contributed by atoms with Crippen LogP contribution in [-0.4, -0.2) is 23.7 Å². The van der Waals surface area contributed by atoms with Crippen molar-refractivity contribution in [1.82, 2.24) is 0 Å². The van der Waals surface area contributed by atoms with Gasteiger partial charge >= 0.3 is 0 Å². The summed E-state index contributed by atoms with van der Waals surface area (Å²) in [6.07, 6.45) is 0. The van der Waals surface area contributed by atoms with Crippen molar-refractivity contribution in [2.75, 3.05) is 11.5 Å². The normalized spacial score (nSPS) is 23.4. The van der Waals surface area contributed by atoms with Gasteiger partial charge in [0.25, 0.3) is 0 Å². The predicted octanol–water partition coefficient (Wildman–Crippen LogP) is 3.48. The van der Waals surface area contributed by atoms with Crippen LogP contribution in [0.1, 0.15) is 24.0 Å². The first kappa shape index (κ1) is 20.0. The number of hydrogen-bond donors (Lipinski definition) is 1. The Kier molecular flexibility index (Phi) is 5.27. The molecular weight excluding hydrogens is 398 g/mol. The molecule has 1 saturated heterocycles. The third-order valence-electron chi connectivity index (χ3n) is 5.45. The van der Waals surface area contributed by atoms with E-state index in [9.17, 15) is 14.9 Å². The molecule has 3 unspecified atom stereocenters. The highest BCUT2D eigenvalue weighted by Gasteiger charge is 2.56. The summed E-state index contributed by atoms with van der Waals surface area (Å²) >= 11 is 1.11. The molecule has 2 amide bonds. The number of fused-ring (bicyclic) bond motifs is 1. The SMILES string of the molecule is CCOc1ccc(C2C(C#N)=C(N)SC3C(=O)N(c4ccc(C)cc4)C(=O)C32)cc1. The summed E-state index contributed by atoms with van der Waals surface area (Å²) in [6, 6.07) is 16.7. The van der Waals surface area contributed by atoms with Gasteiger partial charge in [0.05, 0.1) is 34.9 Å². The molecule has 6 nitrogen and oxygen atoms in total. The molecule has 3 atom stereocenters. The maximum absolute atomic E-state index is 13.5. The van der Waals surface area contributed by atoms with Crippen LogP contribution < -0.4 is 15.4 Å². The van der Waals surface area contributed by atoms with Gasteiger partial charge in [0, 0.05) is 5.92 Å². The van der Waals surface area contributed by atoms with Crippen molar-refractivity contribution >= 4 is 29.3 Å². The summed E-state index contributed by atoms with van der Waals surface area (Å²) in [5, 5.41) is 9.42. The molecule has 0 radical (unpaired) electrons. The van der Waals surface area contributed by atoms with Gasteiger partial charge in [-0.05, 0) is 43.7 Å². The molecule has 0 bridgehead atoms. The summed E-state index contributed by atoms with van der Waals surface area (Å²) in [5.74, 6) is -1.17. The summed E-state index contributed by atoms with van der Waals surface area (Å²) in [5.41, 5.74) is 8.84. The number of benzene rings is 2. The van der Waals surface area contributed by atoms with Crippen LogP contribution in [0, 0.1) is 24.2 Å². The van der Waals surface area contributed by atoms with Crippen molar-refractivity contribution in [3.8, 4) is 11.8 Å². The molecule has 2 aromatic carbocycles. The lowest BCUT2D eigenvalue weighted by Crippen LogP contribution is -2.33. The number of aryl methyl sites for hydroxylation is 1. The standard InChI is InChI=1S/C23H21N3O3S/c1-3-29-16-10-6-14(7-11-16)18-17(12-24)21(25)30-20-19(18)22(27)26(23(20)28)15-8-4-13(2)5-9-15/h4-11,18-20H,3,25H2,1-2H3. The third-order valence-corrected chi connectivity index (χ3v) is 6.67. The number of nitrogens with zero attached hydrogens (tertiary/aromatic N) is 2. The number of hydrogen-bond acceptors (Lipinski definition) is 6. The van der Waals surface area contributed by atoms with Gasteiger partial charge in [-0.1, -0.05) is 41.6 Å². The fourth-order valence-electron chi connectivity index (χ4n) is 4.03. The number of thioether (sulfide) groups is 1. The number of anilines is 1. The lowest BCUT2D eigenvalue weighted by atomic mass is 9.79. The summed E-state index contributed by atoms with van der Waals surface area (Å²) in [4.78, 5) is 27.9. The third kappa shape index (κ3) is 3.23. The number of nitrogens with two attached hydrogens (primary N) is 1. The number of imide groups is 1. The minimum Gasteiger partial charge on any atom is -0.494 e. The number of amides is 2. The van der Waals surface area contributed by atoms with Gasteiger partial charge in [-0.3, -0.25) is 9.59 Å². The summed E-state index contributed by atoms with van der Waals surface area (Å²) < 4.78 is 5.50. The minimum absolute atomic E-state index is 0.296. The fourth-order valence-corrected chi connectivity index (χ4v) is 5.23. The van der Waals surface area contributed by atoms with E-state index in [4.69, 9.17) is 10.5 Å². The number of carbonyl (C=O) groups excluding carboxylic acids is 2. The van der Waals surface area contributed by atoms with Crippen LogP contribution in [0.2, 0.25) is 0 Å². The molecule has 1 fully saturated rings. The van der Waals surface area contributed by atoms with Crippen LogP contribution in [-0.2, 0) is 9.59 Å². The highest BCUT2D eigenvalue weighted by Crippen LogP contribution is 2.50. The van der Waals surface area contributed by atoms with E-state index in [2.05, 4.69) is 6.07 Å². The molecule has 7 heteroatoms. The second-order valence-corrected chi connectivity index (χ2v) is 8.46. The van der Waals surface area contributed by atoms with E-state index in [-0.39, 0.29) is 11.8 Å². The highest BCUT2D eigenvalue weighted by molar-refractivity contribution is 8.04. The quantitative estimate of drug-likeness (QED) is 0.762. The number of ether oxygens (including phenoxy) is 1. The van der Waals surface area contributed by atoms with E-state index >= 15 is 0 Å². The lowest BCUT2D eigenvalue weighted by molar-refractivity contribution is -0.122. The second kappa shape index (κ2) is 7.88. The minimum atomic E-state index is -0.691. The molecule has 2 N–H and O–H groups in total. The average Bonchev–Trinajstić information content (AvgIpc) is 2.98. The molecule has 2 aliphatic heterocycles. The Morgan fingerprint density at radius 2 is 1.77 bits per heavy atom. The fraction of sp³-hybridized carbons (Fsp3) is 0.261. The van der Waals surface area contributed by atoms with Crippen molar-refractivity contribution in [1.29, 1.82) is 5.26 Å². The molecule has 30 heavy (non-hydrogen) atoms. The van der Waals surface area contributed by atoms with E-state index in [0.717, 1.165) is 22.9 Å². The average molecular weight is 420 g/mol. The molecular formula is C23H21N3O3S. The second-order valence-electron chi connectivity index (χ2n) is 7.28. The van der Waals surface area contributed by atoms with Crippen LogP contribution >= 0.6 is 11.8 Å². The number of nitriles is 1.